The summed E-state index contributed by atoms with van der Waals surface area (Å²) in [6.07, 6.45) is -2.03. The quantitative estimate of drug-likeness (QED) is 0.782. The SMILES string of the molecule is COC(=O)NC(=O)[C@H](C)OC(=O)c1ccccc1CSC1=NCCS1. The van der Waals surface area contributed by atoms with Gasteiger partial charge in [0.05, 0.1) is 19.2 Å². The van der Waals surface area contributed by atoms with Crippen molar-refractivity contribution >= 4 is 45.9 Å². The molecule has 0 saturated carbocycles. The van der Waals surface area contributed by atoms with Crippen LogP contribution in [0.3, 0.4) is 0 Å². The molecule has 0 aliphatic carbocycles. The second-order valence-corrected chi connectivity index (χ2v) is 7.28. The molecule has 7 nitrogen and oxygen atoms in total. The van der Waals surface area contributed by atoms with Crippen LogP contribution in [-0.2, 0) is 20.0 Å². The molecule has 1 aromatic rings. The summed E-state index contributed by atoms with van der Waals surface area (Å²) < 4.78 is 10.5. The molecule has 1 aromatic carbocycles. The highest BCUT2D eigenvalue weighted by atomic mass is 32.2. The van der Waals surface area contributed by atoms with Gasteiger partial charge in [-0.15, -0.1) is 0 Å². The highest BCUT2D eigenvalue weighted by molar-refractivity contribution is 8.38. The van der Waals surface area contributed by atoms with Crippen LogP contribution in [0.25, 0.3) is 0 Å². The molecule has 0 unspecified atom stereocenters. The number of rotatable bonds is 5. The van der Waals surface area contributed by atoms with Gasteiger partial charge in [-0.1, -0.05) is 41.7 Å². The number of esters is 1. The van der Waals surface area contributed by atoms with Crippen LogP contribution in [0.2, 0.25) is 0 Å². The van der Waals surface area contributed by atoms with Gasteiger partial charge < -0.3 is 9.47 Å². The Hall–Kier alpha value is -2.00. The number of methoxy groups -OCH3 is 1. The van der Waals surface area contributed by atoms with Crippen molar-refractivity contribution < 1.29 is 23.9 Å². The van der Waals surface area contributed by atoms with E-state index >= 15 is 0 Å². The smallest absolute Gasteiger partial charge is 0.413 e. The molecular weight excluding hydrogens is 364 g/mol. The first-order chi connectivity index (χ1) is 12.0. The van der Waals surface area contributed by atoms with Crippen LogP contribution in [0, 0.1) is 0 Å². The molecule has 0 aromatic heterocycles. The fraction of sp³-hybridized carbons (Fsp3) is 0.375. The summed E-state index contributed by atoms with van der Waals surface area (Å²) in [7, 11) is 1.14. The van der Waals surface area contributed by atoms with E-state index in [9.17, 15) is 14.4 Å². The highest BCUT2D eigenvalue weighted by Gasteiger charge is 2.22. The van der Waals surface area contributed by atoms with E-state index < -0.39 is 24.1 Å². The van der Waals surface area contributed by atoms with Gasteiger partial charge in [-0.2, -0.15) is 0 Å². The topological polar surface area (TPSA) is 94.1 Å². The second-order valence-electron chi connectivity index (χ2n) is 4.97. The van der Waals surface area contributed by atoms with E-state index in [2.05, 4.69) is 9.73 Å². The zero-order valence-electron chi connectivity index (χ0n) is 13.8. The van der Waals surface area contributed by atoms with E-state index in [1.54, 1.807) is 35.7 Å². The Morgan fingerprint density at radius 1 is 1.36 bits per heavy atom. The van der Waals surface area contributed by atoms with Crippen LogP contribution in [0.1, 0.15) is 22.8 Å². The predicted octanol–water partition coefficient (Wildman–Crippen LogP) is 2.45. The summed E-state index contributed by atoms with van der Waals surface area (Å²) in [5, 5.41) is 1.96. The summed E-state index contributed by atoms with van der Waals surface area (Å²) in [6, 6.07) is 7.05. The molecule has 1 aliphatic heterocycles. The minimum Gasteiger partial charge on any atom is -0.453 e. The number of hydrogen-bond donors (Lipinski definition) is 1. The average Bonchev–Trinajstić information content (AvgIpc) is 3.13. The van der Waals surface area contributed by atoms with Crippen LogP contribution in [0.15, 0.2) is 29.3 Å². The van der Waals surface area contributed by atoms with E-state index in [4.69, 9.17) is 4.74 Å². The number of alkyl carbamates (subject to hydrolysis) is 1. The lowest BCUT2D eigenvalue weighted by Gasteiger charge is -2.14. The summed E-state index contributed by atoms with van der Waals surface area (Å²) in [4.78, 5) is 39.5. The fourth-order valence-electron chi connectivity index (χ4n) is 1.92. The lowest BCUT2D eigenvalue weighted by atomic mass is 10.1. The van der Waals surface area contributed by atoms with Crippen molar-refractivity contribution in [3.8, 4) is 0 Å². The van der Waals surface area contributed by atoms with Crippen LogP contribution in [-0.4, -0.2) is 47.9 Å². The number of hydrogen-bond acceptors (Lipinski definition) is 8. The Morgan fingerprint density at radius 3 is 2.80 bits per heavy atom. The lowest BCUT2D eigenvalue weighted by molar-refractivity contribution is -0.128. The second kappa shape index (κ2) is 9.47. The highest BCUT2D eigenvalue weighted by Crippen LogP contribution is 2.26. The number of nitrogens with one attached hydrogen (secondary N) is 1. The standard InChI is InChI=1S/C16H18N2O5S2/c1-10(13(19)18-15(21)22-2)23-14(20)12-6-4-3-5-11(12)9-25-16-17-7-8-24-16/h3-6,10H,7-9H2,1-2H3,(H,18,19,21)/t10-/m0/s1. The Labute approximate surface area is 153 Å². The first-order valence-corrected chi connectivity index (χ1v) is 9.46. The first kappa shape index (κ1) is 19.3. The molecule has 1 aliphatic rings. The third kappa shape index (κ3) is 5.79. The first-order valence-electron chi connectivity index (χ1n) is 7.49. The minimum absolute atomic E-state index is 0.385. The number of imide groups is 1. The van der Waals surface area contributed by atoms with Crippen LogP contribution in [0.4, 0.5) is 4.79 Å². The number of carbonyl (C=O) groups is 3. The van der Waals surface area contributed by atoms with Crippen molar-refractivity contribution in [2.45, 2.75) is 18.8 Å². The molecule has 1 N–H and O–H groups in total. The number of amides is 2. The van der Waals surface area contributed by atoms with Crippen LogP contribution in [0.5, 0.6) is 0 Å². The van der Waals surface area contributed by atoms with Gasteiger partial charge in [0.15, 0.2) is 6.10 Å². The zero-order chi connectivity index (χ0) is 18.2. The van der Waals surface area contributed by atoms with Crippen LogP contribution >= 0.6 is 23.5 Å². The van der Waals surface area contributed by atoms with Gasteiger partial charge in [0, 0.05) is 11.5 Å². The number of aliphatic imine (C=N–C) groups is 1. The lowest BCUT2D eigenvalue weighted by Crippen LogP contribution is -2.39. The third-order valence-corrected chi connectivity index (χ3v) is 5.51. The van der Waals surface area contributed by atoms with Crippen molar-refractivity contribution in [1.82, 2.24) is 5.32 Å². The Balaban J connectivity index is 1.98. The number of nitrogens with zero attached hydrogens (tertiary/aromatic N) is 1. The molecule has 134 valence electrons. The van der Waals surface area contributed by atoms with Crippen LogP contribution < -0.4 is 5.32 Å². The molecular formula is C16H18N2O5S2. The zero-order valence-corrected chi connectivity index (χ0v) is 15.4. The molecule has 25 heavy (non-hydrogen) atoms. The van der Waals surface area contributed by atoms with E-state index in [1.165, 1.54) is 6.92 Å². The van der Waals surface area contributed by atoms with E-state index in [0.29, 0.717) is 11.3 Å². The van der Waals surface area contributed by atoms with Crippen molar-refractivity contribution in [3.05, 3.63) is 35.4 Å². The molecule has 2 rings (SSSR count). The van der Waals surface area contributed by atoms with Crippen molar-refractivity contribution in [3.63, 3.8) is 0 Å². The fourth-order valence-corrected chi connectivity index (χ4v) is 3.93. The predicted molar refractivity (Wildman–Crippen MR) is 97.9 cm³/mol. The number of thioether (sulfide) groups is 2. The Bertz CT molecular complexity index is 693. The van der Waals surface area contributed by atoms with Gasteiger partial charge in [0.2, 0.25) is 0 Å². The Morgan fingerprint density at radius 2 is 2.12 bits per heavy atom. The Kier molecular flexibility index (Phi) is 7.32. The summed E-state index contributed by atoms with van der Waals surface area (Å²) in [5.74, 6) is 0.201. The minimum atomic E-state index is -1.12. The third-order valence-electron chi connectivity index (χ3n) is 3.21. The number of carbonyl (C=O) groups excluding carboxylic acids is 3. The van der Waals surface area contributed by atoms with Gasteiger partial charge in [-0.25, -0.2) is 9.59 Å². The maximum absolute atomic E-state index is 12.4. The molecule has 0 bridgehead atoms. The molecule has 0 fully saturated rings. The van der Waals surface area contributed by atoms with E-state index in [1.807, 2.05) is 17.4 Å². The van der Waals surface area contributed by atoms with Gasteiger partial charge in [-0.05, 0) is 18.6 Å². The molecule has 0 saturated heterocycles. The summed E-state index contributed by atoms with van der Waals surface area (Å²) in [5.41, 5.74) is 1.18. The number of benzene rings is 1. The van der Waals surface area contributed by atoms with Crippen molar-refractivity contribution in [2.75, 3.05) is 19.4 Å². The van der Waals surface area contributed by atoms with Crippen molar-refractivity contribution in [2.24, 2.45) is 4.99 Å². The summed E-state index contributed by atoms with van der Waals surface area (Å²) in [6.45, 7) is 2.21. The molecule has 1 heterocycles. The van der Waals surface area contributed by atoms with Gasteiger partial charge >= 0.3 is 12.1 Å². The largest absolute Gasteiger partial charge is 0.453 e. The molecule has 1 atom stereocenters. The maximum atomic E-state index is 12.4. The molecule has 0 radical (unpaired) electrons. The van der Waals surface area contributed by atoms with Gasteiger partial charge in [0.1, 0.15) is 4.38 Å². The van der Waals surface area contributed by atoms with E-state index in [-0.39, 0.29) is 0 Å². The number of ether oxygens (including phenoxy) is 2. The van der Waals surface area contributed by atoms with Gasteiger partial charge in [-0.3, -0.25) is 15.1 Å². The molecule has 2 amide bonds. The normalized spacial score (nSPS) is 14.4. The molecule has 0 spiro atoms. The molecule has 9 heteroatoms. The average molecular weight is 382 g/mol. The van der Waals surface area contributed by atoms with Crippen molar-refractivity contribution in [1.29, 1.82) is 0 Å². The maximum Gasteiger partial charge on any atom is 0.413 e. The van der Waals surface area contributed by atoms with E-state index in [0.717, 1.165) is 29.3 Å². The van der Waals surface area contributed by atoms with Gasteiger partial charge in [0.25, 0.3) is 5.91 Å². The monoisotopic (exact) mass is 382 g/mol. The summed E-state index contributed by atoms with van der Waals surface area (Å²) >= 11 is 3.27.